The molecule has 0 aromatic carbocycles. The van der Waals surface area contributed by atoms with Crippen LogP contribution in [0.2, 0.25) is 0 Å². The van der Waals surface area contributed by atoms with Crippen LogP contribution >= 0.6 is 0 Å². The summed E-state index contributed by atoms with van der Waals surface area (Å²) < 4.78 is 49.7. The molecule has 4 rings (SSSR count). The van der Waals surface area contributed by atoms with Gasteiger partial charge in [0.25, 0.3) is 0 Å². The van der Waals surface area contributed by atoms with Gasteiger partial charge >= 0.3 is 11.9 Å². The largest absolute Gasteiger partial charge is 0.453 e. The van der Waals surface area contributed by atoms with Crippen molar-refractivity contribution in [3.05, 3.63) is 24.3 Å². The van der Waals surface area contributed by atoms with Crippen LogP contribution in [-0.2, 0) is 52.2 Å². The fourth-order valence-corrected chi connectivity index (χ4v) is 6.32. The van der Waals surface area contributed by atoms with Crippen LogP contribution in [0.15, 0.2) is 24.3 Å². The molecule has 11 N–H and O–H groups in total. The highest BCUT2D eigenvalue weighted by atomic mass is 16.8. The Morgan fingerprint density at radius 3 is 1.84 bits per heavy atom. The topological polar surface area (TPSA) is 340 Å². The van der Waals surface area contributed by atoms with Gasteiger partial charge in [-0.25, -0.2) is 4.79 Å². The van der Waals surface area contributed by atoms with Gasteiger partial charge in [0.2, 0.25) is 6.29 Å². The summed E-state index contributed by atoms with van der Waals surface area (Å²) in [6, 6.07) is 0. The minimum absolute atomic E-state index is 0.0303. The summed E-state index contributed by atoms with van der Waals surface area (Å²) in [5.41, 5.74) is -1.19. The molecular weight excluding hydrogens is 760 g/mol. The van der Waals surface area contributed by atoms with Crippen molar-refractivity contribution in [2.75, 3.05) is 26.4 Å². The van der Waals surface area contributed by atoms with E-state index >= 15 is 0 Å². The molecule has 0 amide bonds. The van der Waals surface area contributed by atoms with E-state index in [0.717, 1.165) is 6.92 Å². The summed E-state index contributed by atoms with van der Waals surface area (Å²) in [4.78, 5) is 25.3. The molecule has 22 heteroatoms. The minimum atomic E-state index is -2.08. The van der Waals surface area contributed by atoms with Crippen LogP contribution in [0.4, 0.5) is 0 Å². The molecule has 4 fully saturated rings. The Morgan fingerprint density at radius 1 is 0.679 bits per heavy atom. The molecule has 0 radical (unpaired) electrons. The van der Waals surface area contributed by atoms with Crippen molar-refractivity contribution in [2.24, 2.45) is 0 Å². The molecule has 322 valence electrons. The van der Waals surface area contributed by atoms with Crippen molar-refractivity contribution in [1.82, 2.24) is 0 Å². The van der Waals surface area contributed by atoms with Crippen LogP contribution in [0.3, 0.4) is 0 Å². The number of hydrogen-bond donors (Lipinski definition) is 11. The molecule has 0 bridgehead atoms. The molecule has 0 spiro atoms. The molecule has 0 aromatic rings. The van der Waals surface area contributed by atoms with E-state index in [9.17, 15) is 65.8 Å². The number of aliphatic hydroxyl groups is 11. The average Bonchev–Trinajstić information content (AvgIpc) is 3.15. The zero-order chi connectivity index (χ0) is 41.6. The van der Waals surface area contributed by atoms with Crippen molar-refractivity contribution in [2.45, 2.75) is 150 Å². The molecule has 19 unspecified atom stereocenters. The van der Waals surface area contributed by atoms with Crippen molar-refractivity contribution >= 4 is 11.9 Å². The van der Waals surface area contributed by atoms with Crippen LogP contribution in [-0.4, -0.2) is 211 Å². The van der Waals surface area contributed by atoms with E-state index in [0.29, 0.717) is 0 Å². The van der Waals surface area contributed by atoms with Crippen LogP contribution in [0.1, 0.15) is 33.6 Å². The van der Waals surface area contributed by atoms with Gasteiger partial charge in [-0.15, -0.1) is 6.58 Å². The highest BCUT2D eigenvalue weighted by Crippen LogP contribution is 2.34. The molecule has 4 heterocycles. The Morgan fingerprint density at radius 2 is 1.23 bits per heavy atom. The normalized spacial score (nSPS) is 43.4. The van der Waals surface area contributed by atoms with Gasteiger partial charge in [0, 0.05) is 12.5 Å². The van der Waals surface area contributed by atoms with E-state index in [2.05, 4.69) is 6.58 Å². The number of aliphatic hydroxyl groups excluding tert-OH is 10. The highest BCUT2D eigenvalue weighted by Gasteiger charge is 2.55. The Kier molecular flexibility index (Phi) is 16.7. The third-order valence-electron chi connectivity index (χ3n) is 9.76. The first-order valence-electron chi connectivity index (χ1n) is 17.9. The third kappa shape index (κ3) is 11.0. The van der Waals surface area contributed by atoms with Crippen LogP contribution in [0, 0.1) is 0 Å². The van der Waals surface area contributed by atoms with E-state index in [1.54, 1.807) is 0 Å². The Balaban J connectivity index is 1.51. The lowest BCUT2D eigenvalue weighted by molar-refractivity contribution is -0.382. The Hall–Kier alpha value is -2.30. The average molecular weight is 815 g/mol. The third-order valence-corrected chi connectivity index (χ3v) is 9.76. The van der Waals surface area contributed by atoms with Crippen LogP contribution in [0.5, 0.6) is 0 Å². The number of rotatable bonds is 15. The summed E-state index contributed by atoms with van der Waals surface area (Å²) in [7, 11) is 0. The lowest BCUT2D eigenvalue weighted by atomic mass is 9.96. The zero-order valence-electron chi connectivity index (χ0n) is 30.9. The first-order chi connectivity index (χ1) is 26.3. The minimum Gasteiger partial charge on any atom is -0.453 e. The number of ether oxygens (including phenoxy) is 9. The van der Waals surface area contributed by atoms with Gasteiger partial charge in [-0.05, 0) is 26.7 Å². The van der Waals surface area contributed by atoms with Crippen molar-refractivity contribution in [3.8, 4) is 0 Å². The highest BCUT2D eigenvalue weighted by molar-refractivity contribution is 5.87. The van der Waals surface area contributed by atoms with Crippen LogP contribution in [0.25, 0.3) is 0 Å². The standard InChI is InChI=1S/C34H54O22/c1-5-34(4,47)8-6-7-13(2)29(46)53-27-20(41)17(9-35)51-33(50-14(3)37)28(27)56-32-23(44)21(42)26(18(10-36)52-32)55-31-24(45)25(16(39)12-49-31)54-30-22(43)19(40)15(38)11-48-30/h5,7,15-28,30-33,35-36,38-45,47H,1,6,8-12H2,2-4H3/b13-7+. The van der Waals surface area contributed by atoms with Gasteiger partial charge in [-0.2, -0.15) is 0 Å². The summed E-state index contributed by atoms with van der Waals surface area (Å²) in [5.74, 6) is -1.93. The van der Waals surface area contributed by atoms with Crippen molar-refractivity contribution in [1.29, 1.82) is 0 Å². The number of carbonyl (C=O) groups is 2. The van der Waals surface area contributed by atoms with E-state index in [1.807, 2.05) is 0 Å². The molecule has 22 nitrogen and oxygen atoms in total. The van der Waals surface area contributed by atoms with Gasteiger partial charge < -0.3 is 98.8 Å². The van der Waals surface area contributed by atoms with Gasteiger partial charge in [0.05, 0.1) is 32.0 Å². The van der Waals surface area contributed by atoms with Gasteiger partial charge in [0.1, 0.15) is 73.2 Å². The second kappa shape index (κ2) is 20.1. The number of esters is 2. The van der Waals surface area contributed by atoms with Crippen molar-refractivity contribution < 1.29 is 108 Å². The van der Waals surface area contributed by atoms with Gasteiger partial charge in [-0.3, -0.25) is 4.79 Å². The molecule has 0 saturated carbocycles. The molecule has 4 aliphatic rings. The van der Waals surface area contributed by atoms with Crippen LogP contribution < -0.4 is 0 Å². The molecule has 0 aromatic heterocycles. The Labute approximate surface area is 320 Å². The first kappa shape index (κ1) is 46.4. The van der Waals surface area contributed by atoms with E-state index < -0.39 is 155 Å². The maximum Gasteiger partial charge on any atom is 0.333 e. The molecular formula is C34H54O22. The number of carbonyl (C=O) groups excluding carboxylic acids is 2. The second-order valence-electron chi connectivity index (χ2n) is 14.2. The molecule has 19 atom stereocenters. The predicted octanol–water partition coefficient (Wildman–Crippen LogP) is -5.69. The fraction of sp³-hybridized carbons (Fsp3) is 0.824. The molecule has 56 heavy (non-hydrogen) atoms. The molecule has 4 aliphatic heterocycles. The number of hydrogen-bond acceptors (Lipinski definition) is 22. The number of allylic oxidation sites excluding steroid dienone is 1. The summed E-state index contributed by atoms with van der Waals surface area (Å²) >= 11 is 0. The van der Waals surface area contributed by atoms with Gasteiger partial charge in [-0.1, -0.05) is 12.2 Å². The maximum atomic E-state index is 13.2. The predicted molar refractivity (Wildman–Crippen MR) is 179 cm³/mol. The Bertz CT molecular complexity index is 1330. The molecule has 0 aliphatic carbocycles. The molecule has 4 saturated heterocycles. The zero-order valence-corrected chi connectivity index (χ0v) is 30.9. The quantitative estimate of drug-likeness (QED) is 0.0417. The fourth-order valence-electron chi connectivity index (χ4n) is 6.32. The van der Waals surface area contributed by atoms with E-state index in [-0.39, 0.29) is 18.4 Å². The lowest BCUT2D eigenvalue weighted by Gasteiger charge is -2.48. The van der Waals surface area contributed by atoms with E-state index in [4.69, 9.17) is 42.6 Å². The van der Waals surface area contributed by atoms with Crippen molar-refractivity contribution in [3.63, 3.8) is 0 Å². The lowest BCUT2D eigenvalue weighted by Crippen LogP contribution is -2.66. The summed E-state index contributed by atoms with van der Waals surface area (Å²) in [6.45, 7) is 4.71. The van der Waals surface area contributed by atoms with Gasteiger partial charge in [0.15, 0.2) is 31.1 Å². The monoisotopic (exact) mass is 814 g/mol. The summed E-state index contributed by atoms with van der Waals surface area (Å²) in [6.07, 6.45) is -28.1. The maximum absolute atomic E-state index is 13.2. The first-order valence-corrected chi connectivity index (χ1v) is 17.9. The SMILES string of the molecule is C=CC(C)(O)CC/C=C(\C)C(=O)OC1C(O)C(CO)OC(OC(C)=O)C1OC1OC(CO)C(OC2OCC(O)C(OC3OCC(O)C(O)C3O)C2O)C(O)C1O. The van der Waals surface area contributed by atoms with E-state index in [1.165, 1.54) is 26.0 Å². The summed E-state index contributed by atoms with van der Waals surface area (Å²) in [5, 5.41) is 115. The second-order valence-corrected chi connectivity index (χ2v) is 14.2. The smallest absolute Gasteiger partial charge is 0.333 e.